The molecule has 6 rings (SSSR count). The van der Waals surface area contributed by atoms with E-state index in [0.29, 0.717) is 23.4 Å². The van der Waals surface area contributed by atoms with E-state index in [-0.39, 0.29) is 54.2 Å². The maximum absolute atomic E-state index is 13.6. The van der Waals surface area contributed by atoms with Crippen LogP contribution in [-0.4, -0.2) is 52.1 Å². The van der Waals surface area contributed by atoms with Gasteiger partial charge < -0.3 is 37.6 Å². The highest BCUT2D eigenvalue weighted by Gasteiger charge is 2.33. The van der Waals surface area contributed by atoms with Crippen LogP contribution in [0.1, 0.15) is 71.8 Å². The van der Waals surface area contributed by atoms with Gasteiger partial charge in [-0.15, -0.1) is 25.1 Å². The lowest BCUT2D eigenvalue weighted by atomic mass is 9.98. The summed E-state index contributed by atoms with van der Waals surface area (Å²) in [5, 5.41) is 33.1. The van der Waals surface area contributed by atoms with Crippen LogP contribution in [0.15, 0.2) is 86.4 Å². The zero-order valence-electron chi connectivity index (χ0n) is 31.2. The number of ether oxygens (including phenoxy) is 3. The third kappa shape index (κ3) is 9.75. The molecule has 57 heavy (non-hydrogen) atoms. The molecular weight excluding hydrogens is 746 g/mol. The molecule has 6 aromatic rings. The van der Waals surface area contributed by atoms with Crippen molar-refractivity contribution in [1.29, 1.82) is 0 Å². The highest BCUT2D eigenvalue weighted by Crippen LogP contribution is 2.31. The van der Waals surface area contributed by atoms with Gasteiger partial charge in [0.25, 0.3) is 5.09 Å². The molecule has 0 bridgehead atoms. The van der Waals surface area contributed by atoms with Gasteiger partial charge in [0.2, 0.25) is 12.6 Å². The molecule has 3 aromatic carbocycles. The fourth-order valence-electron chi connectivity index (χ4n) is 5.79. The summed E-state index contributed by atoms with van der Waals surface area (Å²) in [6.07, 6.45) is 0.189. The number of aliphatic hydroxyl groups is 1. The summed E-state index contributed by atoms with van der Waals surface area (Å²) in [5.74, 6) is -0.454. The van der Waals surface area contributed by atoms with Crippen LogP contribution in [-0.2, 0) is 52.8 Å². The van der Waals surface area contributed by atoms with Crippen molar-refractivity contribution in [3.63, 3.8) is 0 Å². The predicted molar refractivity (Wildman–Crippen MR) is 196 cm³/mol. The lowest BCUT2D eigenvalue weighted by Gasteiger charge is -2.17. The van der Waals surface area contributed by atoms with Crippen molar-refractivity contribution >= 4 is 12.1 Å². The van der Waals surface area contributed by atoms with Crippen LogP contribution in [0.3, 0.4) is 0 Å². The van der Waals surface area contributed by atoms with E-state index in [0.717, 1.165) is 27.9 Å². The Balaban J connectivity index is 1.17. The number of carbonyl (C=O) groups excluding carboxylic acids is 2. The summed E-state index contributed by atoms with van der Waals surface area (Å²) in [4.78, 5) is 58.0. The molecule has 0 spiro atoms. The van der Waals surface area contributed by atoms with E-state index in [1.54, 1.807) is 16.7 Å². The summed E-state index contributed by atoms with van der Waals surface area (Å²) in [6, 6.07) is 21.0. The van der Waals surface area contributed by atoms with Gasteiger partial charge in [0.15, 0.2) is 23.8 Å². The molecule has 1 N–H and O–H groups in total. The Morgan fingerprint density at radius 2 is 1.72 bits per heavy atom. The Kier molecular flexibility index (Phi) is 11.9. The molecule has 0 unspecified atom stereocenters. The van der Waals surface area contributed by atoms with Crippen molar-refractivity contribution < 1.29 is 47.7 Å². The monoisotopic (exact) mass is 783 g/mol. The first-order valence-electron chi connectivity index (χ1n) is 17.5. The van der Waals surface area contributed by atoms with Crippen LogP contribution in [0.25, 0.3) is 22.5 Å². The van der Waals surface area contributed by atoms with E-state index in [1.807, 2.05) is 55.5 Å². The predicted octanol–water partition coefficient (Wildman–Crippen LogP) is 5.52. The number of nitrogens with zero attached hydrogens (tertiary/aromatic N) is 7. The summed E-state index contributed by atoms with van der Waals surface area (Å²) in [6.45, 7) is 5.72. The van der Waals surface area contributed by atoms with Gasteiger partial charge in [0, 0.05) is 18.5 Å². The van der Waals surface area contributed by atoms with Gasteiger partial charge >= 0.3 is 17.9 Å². The number of carbonyl (C=O) groups is 2. The van der Waals surface area contributed by atoms with Gasteiger partial charge in [-0.1, -0.05) is 67.6 Å². The van der Waals surface area contributed by atoms with Crippen molar-refractivity contribution in [2.24, 2.45) is 0 Å². The first kappa shape index (κ1) is 39.5. The van der Waals surface area contributed by atoms with Crippen LogP contribution in [0.4, 0.5) is 4.79 Å². The highest BCUT2D eigenvalue weighted by molar-refractivity contribution is 5.89. The number of imidazole rings is 1. The molecule has 0 aliphatic heterocycles. The maximum Gasteiger partial charge on any atom is 0.519 e. The Hall–Kier alpha value is -7.15. The summed E-state index contributed by atoms with van der Waals surface area (Å²) >= 11 is 0. The second-order valence-corrected chi connectivity index (χ2v) is 13.1. The van der Waals surface area contributed by atoms with Crippen LogP contribution in [0, 0.1) is 17.0 Å². The average molecular weight is 784 g/mol. The minimum atomic E-state index is -1.48. The largest absolute Gasteiger partial charge is 0.519 e. The summed E-state index contributed by atoms with van der Waals surface area (Å²) in [5.41, 5.74) is 2.24. The van der Waals surface area contributed by atoms with Gasteiger partial charge in [-0.05, 0) is 66.8 Å². The number of aromatic nitrogens is 6. The molecule has 0 aliphatic rings. The van der Waals surface area contributed by atoms with Crippen LogP contribution in [0.5, 0.6) is 5.75 Å². The molecule has 0 radical (unpaired) electrons. The van der Waals surface area contributed by atoms with Gasteiger partial charge in [-0.3, -0.25) is 0 Å². The fourth-order valence-corrected chi connectivity index (χ4v) is 5.79. The molecule has 0 amide bonds. The molecule has 0 aliphatic carbocycles. The van der Waals surface area contributed by atoms with E-state index >= 15 is 0 Å². The van der Waals surface area contributed by atoms with Crippen molar-refractivity contribution in [3.05, 3.63) is 133 Å². The highest BCUT2D eigenvalue weighted by atomic mass is 16.9. The molecule has 0 fully saturated rings. The van der Waals surface area contributed by atoms with E-state index in [9.17, 15) is 29.6 Å². The first-order chi connectivity index (χ1) is 27.3. The third-order valence-electron chi connectivity index (χ3n) is 8.42. The van der Waals surface area contributed by atoms with E-state index in [1.165, 1.54) is 32.9 Å². The first-order valence-corrected chi connectivity index (χ1v) is 17.5. The number of benzene rings is 3. The van der Waals surface area contributed by atoms with Gasteiger partial charge in [0.1, 0.15) is 29.5 Å². The Bertz CT molecular complexity index is 2440. The molecule has 3 heterocycles. The number of esters is 1. The SMILES string of the molecule is CCCc1nc(C(C)(C)O)c(C(=O)OCc2oc(=O)oc2C)n1Cc1ccc(-c2ccccc2-c2nnn(COC(=O)Oc3cccc(CO[N+](=O)[O-])c3)n2)cc1. The number of hydrogen-bond donors (Lipinski definition) is 1. The van der Waals surface area contributed by atoms with Crippen molar-refractivity contribution in [2.75, 3.05) is 0 Å². The van der Waals surface area contributed by atoms with E-state index in [4.69, 9.17) is 23.0 Å². The zero-order chi connectivity index (χ0) is 40.7. The molecule has 0 saturated carbocycles. The normalized spacial score (nSPS) is 11.3. The fraction of sp³-hybridized carbons (Fsp3) is 0.289. The zero-order valence-corrected chi connectivity index (χ0v) is 31.2. The van der Waals surface area contributed by atoms with Crippen LogP contribution < -0.4 is 10.6 Å². The van der Waals surface area contributed by atoms with Crippen molar-refractivity contribution in [2.45, 2.75) is 72.6 Å². The second kappa shape index (κ2) is 17.1. The molecule has 19 nitrogen and oxygen atoms in total. The second-order valence-electron chi connectivity index (χ2n) is 13.1. The molecule has 3 aromatic heterocycles. The maximum atomic E-state index is 13.6. The van der Waals surface area contributed by atoms with Gasteiger partial charge in [-0.2, -0.15) is 0 Å². The third-order valence-corrected chi connectivity index (χ3v) is 8.42. The topological polar surface area (TPSA) is 239 Å². The molecule has 0 atom stereocenters. The Morgan fingerprint density at radius 1 is 0.965 bits per heavy atom. The van der Waals surface area contributed by atoms with Crippen molar-refractivity contribution in [3.8, 4) is 28.3 Å². The number of hydrogen-bond acceptors (Lipinski definition) is 16. The Morgan fingerprint density at radius 3 is 2.40 bits per heavy atom. The van der Waals surface area contributed by atoms with Crippen LogP contribution >= 0.6 is 0 Å². The average Bonchev–Trinajstić information content (AvgIpc) is 3.89. The van der Waals surface area contributed by atoms with E-state index < -0.39 is 35.4 Å². The molecule has 296 valence electrons. The molecular formula is C38H37N7O12. The minimum absolute atomic E-state index is 0.0739. The molecule has 19 heteroatoms. The quantitative estimate of drug-likeness (QED) is 0.0550. The van der Waals surface area contributed by atoms with Crippen LogP contribution in [0.2, 0.25) is 0 Å². The van der Waals surface area contributed by atoms with E-state index in [2.05, 4.69) is 25.2 Å². The summed E-state index contributed by atoms with van der Waals surface area (Å²) in [7, 11) is 0. The Labute approximate surface area is 323 Å². The number of aryl methyl sites for hydroxylation is 2. The molecule has 0 saturated heterocycles. The summed E-state index contributed by atoms with van der Waals surface area (Å²) < 4.78 is 27.4. The lowest BCUT2D eigenvalue weighted by molar-refractivity contribution is -0.763. The number of rotatable bonds is 16. The van der Waals surface area contributed by atoms with Crippen molar-refractivity contribution in [1.82, 2.24) is 29.8 Å². The van der Waals surface area contributed by atoms with Gasteiger partial charge in [-0.25, -0.2) is 19.4 Å². The van der Waals surface area contributed by atoms with Gasteiger partial charge in [0.05, 0.1) is 0 Å². The standard InChI is InChI=1S/C38H37N7O12/c1-5-9-31-39-33(38(3,4)49)32(35(46)52-21-30-23(2)55-37(48)57-30)43(31)19-24-14-16-26(17-15-24)28-12-6-7-13-29(28)34-40-42-44(41-34)22-53-36(47)56-27-11-8-10-25(18-27)20-54-45(50)51/h6-8,10-18,49H,5,9,19-22H2,1-4H3. The lowest BCUT2D eigenvalue weighted by Crippen LogP contribution is -2.23. The smallest absolute Gasteiger partial charge is 0.453 e. The minimum Gasteiger partial charge on any atom is -0.453 e. The number of tetrazole rings is 1.